The first-order valence-electron chi connectivity index (χ1n) is 8.01. The molecule has 6 nitrogen and oxygen atoms in total. The molecule has 4 N–H and O–H groups in total. The van der Waals surface area contributed by atoms with Gasteiger partial charge in [-0.25, -0.2) is 0 Å². The van der Waals surface area contributed by atoms with Crippen molar-refractivity contribution in [3.63, 3.8) is 0 Å². The number of carbonyl (C=O) groups excluding carboxylic acids is 1. The van der Waals surface area contributed by atoms with E-state index in [2.05, 4.69) is 5.48 Å². The predicted molar refractivity (Wildman–Crippen MR) is 81.6 cm³/mol. The number of carboxylic acid groups (broad SMARTS) is 1. The molecule has 21 heavy (non-hydrogen) atoms. The van der Waals surface area contributed by atoms with Gasteiger partial charge in [0, 0.05) is 6.54 Å². The Kier molecular flexibility index (Phi) is 14.4. The van der Waals surface area contributed by atoms with Gasteiger partial charge in [0.2, 0.25) is 0 Å². The Bertz CT molecular complexity index is 272. The number of carboxylic acids is 1. The standard InChI is InChI=1S/C15H30N2O4/c16-12-8-6-4-2-1-3-5-7-9-13-17-21-15(20)11-10-14(18)19/h17H,1-13,16H2,(H,18,19). The van der Waals surface area contributed by atoms with E-state index in [0.29, 0.717) is 6.54 Å². The van der Waals surface area contributed by atoms with Crippen LogP contribution in [0, 0.1) is 0 Å². The predicted octanol–water partition coefficient (Wildman–Crippen LogP) is 2.37. The van der Waals surface area contributed by atoms with Crippen molar-refractivity contribution in [3.8, 4) is 0 Å². The van der Waals surface area contributed by atoms with E-state index in [1.165, 1.54) is 38.5 Å². The lowest BCUT2D eigenvalue weighted by atomic mass is 10.1. The van der Waals surface area contributed by atoms with Crippen molar-refractivity contribution in [2.75, 3.05) is 13.1 Å². The molecule has 0 amide bonds. The van der Waals surface area contributed by atoms with E-state index >= 15 is 0 Å². The fourth-order valence-electron chi connectivity index (χ4n) is 1.97. The molecule has 0 bridgehead atoms. The van der Waals surface area contributed by atoms with Gasteiger partial charge in [-0.3, -0.25) is 9.59 Å². The third-order valence-corrected chi connectivity index (χ3v) is 3.21. The van der Waals surface area contributed by atoms with Crippen molar-refractivity contribution >= 4 is 11.9 Å². The fourth-order valence-corrected chi connectivity index (χ4v) is 1.97. The van der Waals surface area contributed by atoms with E-state index in [9.17, 15) is 9.59 Å². The molecule has 0 aliphatic heterocycles. The summed E-state index contributed by atoms with van der Waals surface area (Å²) in [4.78, 5) is 26.0. The Hall–Kier alpha value is -1.14. The van der Waals surface area contributed by atoms with E-state index in [4.69, 9.17) is 15.7 Å². The molecular weight excluding hydrogens is 272 g/mol. The molecule has 0 aliphatic rings. The van der Waals surface area contributed by atoms with Gasteiger partial charge in [0.05, 0.1) is 12.8 Å². The summed E-state index contributed by atoms with van der Waals surface area (Å²) >= 11 is 0. The molecule has 0 radical (unpaired) electrons. The summed E-state index contributed by atoms with van der Waals surface area (Å²) in [7, 11) is 0. The molecule has 0 aromatic carbocycles. The zero-order chi connectivity index (χ0) is 15.8. The molecule has 6 heteroatoms. The average molecular weight is 302 g/mol. The first-order valence-corrected chi connectivity index (χ1v) is 8.01. The lowest BCUT2D eigenvalue weighted by molar-refractivity contribution is -0.153. The topological polar surface area (TPSA) is 102 Å². The normalized spacial score (nSPS) is 10.5. The molecule has 0 unspecified atom stereocenters. The van der Waals surface area contributed by atoms with Crippen LogP contribution >= 0.6 is 0 Å². The summed E-state index contributed by atoms with van der Waals surface area (Å²) in [5.74, 6) is -1.51. The monoisotopic (exact) mass is 302 g/mol. The van der Waals surface area contributed by atoms with Crippen LogP contribution in [0.1, 0.15) is 70.6 Å². The van der Waals surface area contributed by atoms with E-state index in [0.717, 1.165) is 25.8 Å². The van der Waals surface area contributed by atoms with E-state index in [1.54, 1.807) is 0 Å². The molecule has 0 aromatic rings. The summed E-state index contributed by atoms with van der Waals surface area (Å²) in [6.07, 6.45) is 10.5. The molecule has 0 rings (SSSR count). The third-order valence-electron chi connectivity index (χ3n) is 3.21. The van der Waals surface area contributed by atoms with Crippen molar-refractivity contribution in [1.82, 2.24) is 5.48 Å². The largest absolute Gasteiger partial charge is 0.481 e. The van der Waals surface area contributed by atoms with E-state index in [-0.39, 0.29) is 12.8 Å². The Morgan fingerprint density at radius 3 is 1.90 bits per heavy atom. The van der Waals surface area contributed by atoms with Crippen molar-refractivity contribution in [1.29, 1.82) is 0 Å². The molecule has 0 aromatic heterocycles. The molecule has 124 valence electrons. The van der Waals surface area contributed by atoms with Gasteiger partial charge in [0.15, 0.2) is 0 Å². The van der Waals surface area contributed by atoms with Crippen LogP contribution in [0.15, 0.2) is 0 Å². The molecule has 0 atom stereocenters. The third kappa shape index (κ3) is 16.8. The summed E-state index contributed by atoms with van der Waals surface area (Å²) < 4.78 is 0. The van der Waals surface area contributed by atoms with Crippen LogP contribution < -0.4 is 11.2 Å². The highest BCUT2D eigenvalue weighted by molar-refractivity contribution is 5.76. The second kappa shape index (κ2) is 15.3. The molecule has 0 spiro atoms. The second-order valence-electron chi connectivity index (χ2n) is 5.23. The number of nitrogens with two attached hydrogens (primary N) is 1. The SMILES string of the molecule is NCCCCCCCCCCCNOC(=O)CCC(=O)O. The van der Waals surface area contributed by atoms with Gasteiger partial charge >= 0.3 is 11.9 Å². The quantitative estimate of drug-likeness (QED) is 0.317. The zero-order valence-electron chi connectivity index (χ0n) is 12.9. The van der Waals surface area contributed by atoms with Crippen LogP contribution in [0.5, 0.6) is 0 Å². The maximum atomic E-state index is 11.1. The van der Waals surface area contributed by atoms with Gasteiger partial charge in [-0.2, -0.15) is 5.48 Å². The number of nitrogens with one attached hydrogen (secondary N) is 1. The van der Waals surface area contributed by atoms with Gasteiger partial charge in [0.25, 0.3) is 0 Å². The number of rotatable bonds is 15. The fraction of sp³-hybridized carbons (Fsp3) is 0.867. The first kappa shape index (κ1) is 19.9. The summed E-state index contributed by atoms with van der Waals surface area (Å²) in [6.45, 7) is 1.42. The first-order chi connectivity index (χ1) is 10.2. The van der Waals surface area contributed by atoms with Crippen LogP contribution in [0.3, 0.4) is 0 Å². The number of unbranched alkanes of at least 4 members (excludes halogenated alkanes) is 8. The zero-order valence-corrected chi connectivity index (χ0v) is 12.9. The lowest BCUT2D eigenvalue weighted by Crippen LogP contribution is -2.21. The van der Waals surface area contributed by atoms with Crippen molar-refractivity contribution in [2.24, 2.45) is 5.73 Å². The van der Waals surface area contributed by atoms with Gasteiger partial charge in [-0.05, 0) is 19.4 Å². The van der Waals surface area contributed by atoms with Gasteiger partial charge in [0.1, 0.15) is 0 Å². The second-order valence-corrected chi connectivity index (χ2v) is 5.23. The van der Waals surface area contributed by atoms with Crippen LogP contribution in [0.4, 0.5) is 0 Å². The lowest BCUT2D eigenvalue weighted by Gasteiger charge is -2.05. The molecule has 0 saturated carbocycles. The molecule has 0 fully saturated rings. The maximum absolute atomic E-state index is 11.1. The highest BCUT2D eigenvalue weighted by Crippen LogP contribution is 2.09. The number of hydrogen-bond acceptors (Lipinski definition) is 5. The number of hydroxylamine groups is 1. The molecule has 0 saturated heterocycles. The van der Waals surface area contributed by atoms with E-state index < -0.39 is 11.9 Å². The van der Waals surface area contributed by atoms with E-state index in [1.807, 2.05) is 0 Å². The van der Waals surface area contributed by atoms with Crippen LogP contribution in [0.25, 0.3) is 0 Å². The van der Waals surface area contributed by atoms with Crippen LogP contribution in [-0.4, -0.2) is 30.1 Å². The van der Waals surface area contributed by atoms with Crippen molar-refractivity contribution in [3.05, 3.63) is 0 Å². The van der Waals surface area contributed by atoms with Crippen molar-refractivity contribution < 1.29 is 19.5 Å². The Morgan fingerprint density at radius 2 is 1.38 bits per heavy atom. The maximum Gasteiger partial charge on any atom is 0.325 e. The van der Waals surface area contributed by atoms with Gasteiger partial charge in [-0.15, -0.1) is 0 Å². The Morgan fingerprint density at radius 1 is 0.857 bits per heavy atom. The van der Waals surface area contributed by atoms with Crippen molar-refractivity contribution in [2.45, 2.75) is 70.6 Å². The highest BCUT2D eigenvalue weighted by atomic mass is 16.7. The molecule has 0 aliphatic carbocycles. The summed E-state index contributed by atoms with van der Waals surface area (Å²) in [5, 5.41) is 8.40. The number of aliphatic carboxylic acids is 1. The molecule has 0 heterocycles. The Labute approximate surface area is 127 Å². The minimum atomic E-state index is -0.991. The molecular formula is C15H30N2O4. The van der Waals surface area contributed by atoms with Gasteiger partial charge in [-0.1, -0.05) is 44.9 Å². The van der Waals surface area contributed by atoms with Gasteiger partial charge < -0.3 is 15.7 Å². The Balaban J connectivity index is 3.12. The summed E-state index contributed by atoms with van der Waals surface area (Å²) in [5.41, 5.74) is 8.01. The minimum Gasteiger partial charge on any atom is -0.481 e. The average Bonchev–Trinajstić information content (AvgIpc) is 2.46. The highest BCUT2D eigenvalue weighted by Gasteiger charge is 2.06. The van der Waals surface area contributed by atoms with Crippen LogP contribution in [-0.2, 0) is 14.4 Å². The summed E-state index contributed by atoms with van der Waals surface area (Å²) in [6, 6.07) is 0. The number of hydrogen-bond donors (Lipinski definition) is 3. The smallest absolute Gasteiger partial charge is 0.325 e. The number of carbonyl (C=O) groups is 2. The van der Waals surface area contributed by atoms with Crippen LogP contribution in [0.2, 0.25) is 0 Å². The minimum absolute atomic E-state index is 0.0908.